The highest BCUT2D eigenvalue weighted by atomic mass is 14.3. The summed E-state index contributed by atoms with van der Waals surface area (Å²) in [4.78, 5) is 0. The van der Waals surface area contributed by atoms with Gasteiger partial charge < -0.3 is 0 Å². The molecule has 0 spiro atoms. The zero-order valence-electron chi connectivity index (χ0n) is 7.60. The molecule has 0 aromatic rings. The Morgan fingerprint density at radius 3 is 2.92 bits per heavy atom. The van der Waals surface area contributed by atoms with Crippen LogP contribution in [0.2, 0.25) is 0 Å². The lowest BCUT2D eigenvalue weighted by Gasteiger charge is -2.31. The summed E-state index contributed by atoms with van der Waals surface area (Å²) in [5.74, 6) is 0.816. The number of hydrogen-bond donors (Lipinski definition) is 0. The molecule has 0 aromatic heterocycles. The quantitative estimate of drug-likeness (QED) is 0.507. The van der Waals surface area contributed by atoms with Gasteiger partial charge in [0.25, 0.3) is 0 Å². The Morgan fingerprint density at radius 1 is 1.25 bits per heavy atom. The van der Waals surface area contributed by atoms with Gasteiger partial charge in [-0.05, 0) is 54.7 Å². The third-order valence-electron chi connectivity index (χ3n) is 3.13. The van der Waals surface area contributed by atoms with E-state index in [-0.39, 0.29) is 0 Å². The van der Waals surface area contributed by atoms with Crippen molar-refractivity contribution in [3.63, 3.8) is 0 Å². The van der Waals surface area contributed by atoms with Crippen molar-refractivity contribution in [3.8, 4) is 0 Å². The molecule has 0 nitrogen and oxygen atoms in total. The maximum absolute atomic E-state index is 4.11. The van der Waals surface area contributed by atoms with Crippen molar-refractivity contribution in [2.24, 2.45) is 5.92 Å². The third kappa shape index (κ3) is 1.16. The van der Waals surface area contributed by atoms with Crippen molar-refractivity contribution in [1.29, 1.82) is 0 Å². The van der Waals surface area contributed by atoms with Gasteiger partial charge in [0.05, 0.1) is 0 Å². The van der Waals surface area contributed by atoms with Crippen molar-refractivity contribution in [2.45, 2.75) is 32.1 Å². The fourth-order valence-electron chi connectivity index (χ4n) is 2.32. The van der Waals surface area contributed by atoms with E-state index in [0.717, 1.165) is 5.92 Å². The van der Waals surface area contributed by atoms with Crippen molar-refractivity contribution in [3.05, 3.63) is 36.0 Å². The first-order valence-electron chi connectivity index (χ1n) is 4.86. The maximum atomic E-state index is 4.11. The molecular weight excluding hydrogens is 144 g/mol. The Balaban J connectivity index is 2.28. The van der Waals surface area contributed by atoms with Gasteiger partial charge in [0.1, 0.15) is 0 Å². The van der Waals surface area contributed by atoms with Gasteiger partial charge in [-0.1, -0.05) is 19.2 Å². The highest BCUT2D eigenvalue weighted by Gasteiger charge is 2.25. The molecule has 0 radical (unpaired) electrons. The molecule has 0 heterocycles. The zero-order chi connectivity index (χ0) is 8.55. The van der Waals surface area contributed by atoms with E-state index in [9.17, 15) is 0 Å². The van der Waals surface area contributed by atoms with E-state index in [1.165, 1.54) is 48.8 Å². The molecule has 0 aliphatic heterocycles. The second kappa shape index (κ2) is 2.93. The predicted molar refractivity (Wildman–Crippen MR) is 52.9 cm³/mol. The van der Waals surface area contributed by atoms with Crippen LogP contribution in [-0.4, -0.2) is 0 Å². The Bertz CT molecular complexity index is 255. The topological polar surface area (TPSA) is 0 Å². The summed E-state index contributed by atoms with van der Waals surface area (Å²) >= 11 is 0. The lowest BCUT2D eigenvalue weighted by atomic mass is 9.74. The van der Waals surface area contributed by atoms with Gasteiger partial charge in [-0.2, -0.15) is 0 Å². The third-order valence-corrected chi connectivity index (χ3v) is 3.13. The van der Waals surface area contributed by atoms with Crippen LogP contribution in [0.15, 0.2) is 36.0 Å². The molecule has 12 heavy (non-hydrogen) atoms. The molecule has 0 heteroatoms. The molecule has 1 fully saturated rings. The summed E-state index contributed by atoms with van der Waals surface area (Å²) in [6, 6.07) is 0. The summed E-state index contributed by atoms with van der Waals surface area (Å²) in [6.45, 7) is 8.16. The lowest BCUT2D eigenvalue weighted by molar-refractivity contribution is 0.467. The number of rotatable bonds is 0. The molecule has 1 saturated carbocycles. The normalized spacial score (nSPS) is 29.7. The predicted octanol–water partition coefficient (Wildman–Crippen LogP) is 3.62. The fourth-order valence-corrected chi connectivity index (χ4v) is 2.32. The number of fused-ring (bicyclic) bond motifs is 1. The van der Waals surface area contributed by atoms with Crippen LogP contribution in [0.5, 0.6) is 0 Å². The van der Waals surface area contributed by atoms with Crippen LogP contribution in [0, 0.1) is 5.92 Å². The Kier molecular flexibility index (Phi) is 1.92. The lowest BCUT2D eigenvalue weighted by Crippen LogP contribution is -2.16. The molecule has 0 aromatic carbocycles. The Hall–Kier alpha value is -0.780. The fraction of sp³-hybridized carbons (Fsp3) is 0.500. The van der Waals surface area contributed by atoms with Gasteiger partial charge in [-0.3, -0.25) is 0 Å². The van der Waals surface area contributed by atoms with E-state index < -0.39 is 0 Å². The number of hydrogen-bond acceptors (Lipinski definition) is 0. The van der Waals surface area contributed by atoms with Crippen molar-refractivity contribution in [2.75, 3.05) is 0 Å². The molecule has 0 N–H and O–H groups in total. The molecule has 1 atom stereocenters. The molecule has 2 aliphatic rings. The average Bonchev–Trinajstić information content (AvgIpc) is 2.12. The molecule has 1 unspecified atom stereocenters. The summed E-state index contributed by atoms with van der Waals surface area (Å²) in [6.07, 6.45) is 8.84. The van der Waals surface area contributed by atoms with Crippen LogP contribution in [0.25, 0.3) is 0 Å². The maximum Gasteiger partial charge on any atom is -0.0156 e. The molecule has 2 rings (SSSR count). The van der Waals surface area contributed by atoms with Crippen molar-refractivity contribution < 1.29 is 0 Å². The Labute approximate surface area is 74.7 Å². The van der Waals surface area contributed by atoms with Crippen LogP contribution in [0.4, 0.5) is 0 Å². The van der Waals surface area contributed by atoms with E-state index in [1.807, 2.05) is 0 Å². The van der Waals surface area contributed by atoms with Gasteiger partial charge in [0.2, 0.25) is 0 Å². The first-order valence-corrected chi connectivity index (χ1v) is 4.86. The Morgan fingerprint density at radius 2 is 2.08 bits per heavy atom. The highest BCUT2D eigenvalue weighted by Crippen LogP contribution is 2.40. The minimum Gasteiger partial charge on any atom is -0.0952 e. The zero-order valence-corrected chi connectivity index (χ0v) is 7.60. The molecule has 64 valence electrons. The van der Waals surface area contributed by atoms with E-state index in [2.05, 4.69) is 19.2 Å². The molecule has 0 bridgehead atoms. The first kappa shape index (κ1) is 7.85. The minimum absolute atomic E-state index is 0.816. The van der Waals surface area contributed by atoms with Crippen LogP contribution in [-0.2, 0) is 0 Å². The van der Waals surface area contributed by atoms with Crippen LogP contribution in [0.3, 0.4) is 0 Å². The van der Waals surface area contributed by atoms with Gasteiger partial charge >= 0.3 is 0 Å². The SMILES string of the molecule is C=C1CCC2CCCC=C2C1=C. The second-order valence-electron chi connectivity index (χ2n) is 3.91. The van der Waals surface area contributed by atoms with E-state index >= 15 is 0 Å². The van der Waals surface area contributed by atoms with E-state index in [0.29, 0.717) is 0 Å². The summed E-state index contributed by atoms with van der Waals surface area (Å²) < 4.78 is 0. The van der Waals surface area contributed by atoms with Gasteiger partial charge in [-0.15, -0.1) is 0 Å². The molecule has 0 saturated heterocycles. The monoisotopic (exact) mass is 160 g/mol. The summed E-state index contributed by atoms with van der Waals surface area (Å²) in [5, 5.41) is 0. The molecule has 0 amide bonds. The summed E-state index contributed by atoms with van der Waals surface area (Å²) in [7, 11) is 0. The molecule has 2 aliphatic carbocycles. The van der Waals surface area contributed by atoms with Gasteiger partial charge in [0, 0.05) is 0 Å². The van der Waals surface area contributed by atoms with Gasteiger partial charge in [-0.25, -0.2) is 0 Å². The minimum atomic E-state index is 0.816. The van der Waals surface area contributed by atoms with Crippen LogP contribution in [0.1, 0.15) is 32.1 Å². The standard InChI is InChI=1S/C12H16/c1-9-7-8-11-5-3-4-6-12(11)10(9)2/h6,11H,1-5,7-8H2. The van der Waals surface area contributed by atoms with Crippen LogP contribution >= 0.6 is 0 Å². The van der Waals surface area contributed by atoms with Crippen LogP contribution < -0.4 is 0 Å². The van der Waals surface area contributed by atoms with Crippen molar-refractivity contribution >= 4 is 0 Å². The first-order chi connectivity index (χ1) is 5.79. The smallest absolute Gasteiger partial charge is 0.0156 e. The molecular formula is C12H16. The van der Waals surface area contributed by atoms with Gasteiger partial charge in [0.15, 0.2) is 0 Å². The number of allylic oxidation sites excluding steroid dienone is 4. The van der Waals surface area contributed by atoms with Crippen molar-refractivity contribution in [1.82, 2.24) is 0 Å². The van der Waals surface area contributed by atoms with E-state index in [4.69, 9.17) is 0 Å². The van der Waals surface area contributed by atoms with E-state index in [1.54, 1.807) is 0 Å². The summed E-state index contributed by atoms with van der Waals surface area (Å²) in [5.41, 5.74) is 4.02. The second-order valence-corrected chi connectivity index (χ2v) is 3.91. The average molecular weight is 160 g/mol. The highest BCUT2D eigenvalue weighted by molar-refractivity contribution is 5.47. The largest absolute Gasteiger partial charge is 0.0952 e.